The first-order valence-electron chi connectivity index (χ1n) is 10.5. The van der Waals surface area contributed by atoms with Gasteiger partial charge in [0.05, 0.1) is 0 Å². The zero-order chi connectivity index (χ0) is 19.0. The lowest BCUT2D eigenvalue weighted by Gasteiger charge is -2.41. The van der Waals surface area contributed by atoms with Crippen LogP contribution in [0.15, 0.2) is 0 Å². The maximum Gasteiger partial charge on any atom is 0.234 e. The van der Waals surface area contributed by atoms with Crippen molar-refractivity contribution in [2.75, 3.05) is 0 Å². The van der Waals surface area contributed by atoms with Gasteiger partial charge >= 0.3 is 0 Å². The van der Waals surface area contributed by atoms with Crippen LogP contribution >= 0.6 is 0 Å². The minimum atomic E-state index is -0.777. The first-order valence-corrected chi connectivity index (χ1v) is 10.5. The van der Waals surface area contributed by atoms with Gasteiger partial charge in [-0.05, 0) is 58.3 Å². The van der Waals surface area contributed by atoms with Crippen molar-refractivity contribution in [3.8, 4) is 0 Å². The van der Waals surface area contributed by atoms with E-state index < -0.39 is 5.79 Å². The van der Waals surface area contributed by atoms with E-state index in [1.165, 1.54) is 0 Å². The highest BCUT2D eigenvalue weighted by molar-refractivity contribution is 4.79. The van der Waals surface area contributed by atoms with Crippen molar-refractivity contribution in [2.24, 2.45) is 5.92 Å². The predicted molar refractivity (Wildman–Crippen MR) is 102 cm³/mol. The van der Waals surface area contributed by atoms with Crippen LogP contribution in [-0.4, -0.2) is 17.0 Å². The van der Waals surface area contributed by atoms with Crippen LogP contribution in [0.1, 0.15) is 113 Å². The van der Waals surface area contributed by atoms with Crippen molar-refractivity contribution >= 4 is 0 Å². The van der Waals surface area contributed by atoms with Crippen molar-refractivity contribution in [2.45, 2.75) is 130 Å². The van der Waals surface area contributed by atoms with Gasteiger partial charge in [0.25, 0.3) is 0 Å². The fourth-order valence-electron chi connectivity index (χ4n) is 3.35. The minimum absolute atomic E-state index is 0.272. The molecular formula is C21H42O4. The molecule has 2 atom stereocenters. The van der Waals surface area contributed by atoms with Crippen LogP contribution < -0.4 is 0 Å². The molecule has 0 aromatic heterocycles. The highest BCUT2D eigenvalue weighted by Crippen LogP contribution is 2.39. The third kappa shape index (κ3) is 7.16. The molecule has 150 valence electrons. The monoisotopic (exact) mass is 358 g/mol. The molecule has 0 amide bonds. The van der Waals surface area contributed by atoms with E-state index in [1.807, 2.05) is 0 Å². The molecule has 0 saturated heterocycles. The summed E-state index contributed by atoms with van der Waals surface area (Å²) in [6, 6.07) is 0. The molecule has 2 unspecified atom stereocenters. The Morgan fingerprint density at radius 2 is 1.20 bits per heavy atom. The second-order valence-corrected chi connectivity index (χ2v) is 8.53. The lowest BCUT2D eigenvalue weighted by molar-refractivity contribution is -0.551. The van der Waals surface area contributed by atoms with E-state index in [0.717, 1.165) is 64.2 Å². The SMILES string of the molecule is CCCC(C)(CC)OOC1(OOC(C)(CC)CCC)CCC(C)CC1. The summed E-state index contributed by atoms with van der Waals surface area (Å²) in [6.45, 7) is 15.1. The van der Waals surface area contributed by atoms with E-state index >= 15 is 0 Å². The third-order valence-electron chi connectivity index (χ3n) is 5.88. The second-order valence-electron chi connectivity index (χ2n) is 8.53. The summed E-state index contributed by atoms with van der Waals surface area (Å²) < 4.78 is 0. The van der Waals surface area contributed by atoms with E-state index in [2.05, 4.69) is 48.5 Å². The van der Waals surface area contributed by atoms with Crippen molar-refractivity contribution in [1.82, 2.24) is 0 Å². The molecule has 1 rings (SSSR count). The molecular weight excluding hydrogens is 316 g/mol. The van der Waals surface area contributed by atoms with Gasteiger partial charge in [-0.25, -0.2) is 9.78 Å². The lowest BCUT2D eigenvalue weighted by atomic mass is 9.86. The van der Waals surface area contributed by atoms with Gasteiger partial charge < -0.3 is 0 Å². The third-order valence-corrected chi connectivity index (χ3v) is 5.88. The van der Waals surface area contributed by atoms with Crippen LogP contribution in [0.5, 0.6) is 0 Å². The predicted octanol–water partition coefficient (Wildman–Crippen LogP) is 6.73. The van der Waals surface area contributed by atoms with Crippen LogP contribution in [-0.2, 0) is 19.6 Å². The van der Waals surface area contributed by atoms with Gasteiger partial charge in [0, 0.05) is 12.8 Å². The first-order chi connectivity index (χ1) is 11.8. The van der Waals surface area contributed by atoms with E-state index in [-0.39, 0.29) is 11.2 Å². The van der Waals surface area contributed by atoms with Crippen LogP contribution in [0.4, 0.5) is 0 Å². The summed E-state index contributed by atoms with van der Waals surface area (Å²) in [5, 5.41) is 0. The average molecular weight is 359 g/mol. The van der Waals surface area contributed by atoms with Gasteiger partial charge in [0.1, 0.15) is 11.2 Å². The first kappa shape index (κ1) is 22.9. The Balaban J connectivity index is 2.77. The molecule has 0 bridgehead atoms. The smallest absolute Gasteiger partial charge is 0.227 e. The zero-order valence-electron chi connectivity index (χ0n) is 17.8. The quantitative estimate of drug-likeness (QED) is 0.220. The summed E-state index contributed by atoms with van der Waals surface area (Å²) in [5.41, 5.74) is -0.544. The van der Waals surface area contributed by atoms with Gasteiger partial charge in [0.2, 0.25) is 5.79 Å². The molecule has 0 N–H and O–H groups in total. The topological polar surface area (TPSA) is 36.9 Å². The number of hydrogen-bond donors (Lipinski definition) is 0. The molecule has 1 fully saturated rings. The van der Waals surface area contributed by atoms with Crippen molar-refractivity contribution in [3.05, 3.63) is 0 Å². The Labute approximate surface area is 155 Å². The van der Waals surface area contributed by atoms with Crippen LogP contribution in [0.2, 0.25) is 0 Å². The highest BCUT2D eigenvalue weighted by atomic mass is 17.3. The maximum absolute atomic E-state index is 6.00. The summed E-state index contributed by atoms with van der Waals surface area (Å²) in [6.07, 6.45) is 9.67. The molecule has 0 heterocycles. The molecule has 4 heteroatoms. The van der Waals surface area contributed by atoms with E-state index in [0.29, 0.717) is 5.92 Å². The maximum atomic E-state index is 6.00. The Kier molecular flexibility index (Phi) is 9.38. The molecule has 0 aromatic carbocycles. The molecule has 0 spiro atoms. The van der Waals surface area contributed by atoms with Gasteiger partial charge in [-0.15, -0.1) is 0 Å². The number of hydrogen-bond acceptors (Lipinski definition) is 4. The van der Waals surface area contributed by atoms with Crippen molar-refractivity contribution in [3.63, 3.8) is 0 Å². The molecule has 1 aliphatic carbocycles. The lowest BCUT2D eigenvalue weighted by Crippen LogP contribution is -2.45. The largest absolute Gasteiger partial charge is 0.234 e. The fourth-order valence-corrected chi connectivity index (χ4v) is 3.35. The van der Waals surface area contributed by atoms with Crippen LogP contribution in [0.3, 0.4) is 0 Å². The Morgan fingerprint density at radius 3 is 1.52 bits per heavy atom. The Hall–Kier alpha value is -0.160. The van der Waals surface area contributed by atoms with Gasteiger partial charge in [-0.1, -0.05) is 47.5 Å². The standard InChI is InChI=1S/C21H42O4/c1-8-14-19(6,10-3)22-24-21(16-12-18(5)13-17-21)25-23-20(7,11-4)15-9-2/h18H,8-17H2,1-7H3. The van der Waals surface area contributed by atoms with Crippen LogP contribution in [0.25, 0.3) is 0 Å². The van der Waals surface area contributed by atoms with E-state index in [9.17, 15) is 0 Å². The molecule has 1 aliphatic rings. The van der Waals surface area contributed by atoms with Crippen LogP contribution in [0, 0.1) is 5.92 Å². The van der Waals surface area contributed by atoms with E-state index in [4.69, 9.17) is 19.6 Å². The summed E-state index contributed by atoms with van der Waals surface area (Å²) >= 11 is 0. The Bertz CT molecular complexity index is 339. The van der Waals surface area contributed by atoms with Crippen molar-refractivity contribution in [1.29, 1.82) is 0 Å². The molecule has 0 aromatic rings. The normalized spacial score (nSPS) is 29.2. The average Bonchev–Trinajstić information content (AvgIpc) is 2.61. The molecule has 4 nitrogen and oxygen atoms in total. The zero-order valence-corrected chi connectivity index (χ0v) is 17.8. The van der Waals surface area contributed by atoms with E-state index in [1.54, 1.807) is 0 Å². The van der Waals surface area contributed by atoms with Crippen molar-refractivity contribution < 1.29 is 19.6 Å². The molecule has 0 aliphatic heterocycles. The summed E-state index contributed by atoms with van der Waals surface area (Å²) in [5.74, 6) is -0.0809. The summed E-state index contributed by atoms with van der Waals surface area (Å²) in [4.78, 5) is 23.9. The van der Waals surface area contributed by atoms with Gasteiger partial charge in [-0.3, -0.25) is 0 Å². The van der Waals surface area contributed by atoms with Gasteiger partial charge in [-0.2, -0.15) is 9.78 Å². The summed E-state index contributed by atoms with van der Waals surface area (Å²) in [7, 11) is 0. The second kappa shape index (κ2) is 10.2. The molecule has 0 radical (unpaired) electrons. The highest BCUT2D eigenvalue weighted by Gasteiger charge is 2.43. The molecule has 1 saturated carbocycles. The van der Waals surface area contributed by atoms with Gasteiger partial charge in [0.15, 0.2) is 0 Å². The fraction of sp³-hybridized carbons (Fsp3) is 1.00. The molecule has 25 heavy (non-hydrogen) atoms. The number of rotatable bonds is 12. The minimum Gasteiger partial charge on any atom is -0.227 e. The Morgan fingerprint density at radius 1 is 0.800 bits per heavy atom.